The second kappa shape index (κ2) is 10.6. The summed E-state index contributed by atoms with van der Waals surface area (Å²) in [6, 6.07) is 6.06. The van der Waals surface area contributed by atoms with Crippen LogP contribution in [0.3, 0.4) is 0 Å². The number of carbonyl (C=O) groups excluding carboxylic acids is 4. The topological polar surface area (TPSA) is 105 Å². The molecule has 8 nitrogen and oxygen atoms in total. The molecule has 0 saturated heterocycles. The van der Waals surface area contributed by atoms with Gasteiger partial charge < -0.3 is 18.9 Å². The zero-order chi connectivity index (χ0) is 29.4. The largest absolute Gasteiger partial charge is 0.423 e. The fraction of sp³-hybridized carbons (Fsp3) is 0.226. The van der Waals surface area contributed by atoms with Gasteiger partial charge in [-0.15, -0.1) is 0 Å². The van der Waals surface area contributed by atoms with Crippen molar-refractivity contribution in [2.24, 2.45) is 0 Å². The van der Waals surface area contributed by atoms with Gasteiger partial charge in [0.05, 0.1) is 0 Å². The van der Waals surface area contributed by atoms with Gasteiger partial charge in [-0.25, -0.2) is 19.2 Å². The van der Waals surface area contributed by atoms with Crippen molar-refractivity contribution in [1.82, 2.24) is 0 Å². The molecule has 0 N–H and O–H groups in total. The molecular formula is C31H30O8. The highest BCUT2D eigenvalue weighted by Crippen LogP contribution is 2.57. The maximum atomic E-state index is 12.6. The van der Waals surface area contributed by atoms with Gasteiger partial charge in [0.25, 0.3) is 0 Å². The molecule has 39 heavy (non-hydrogen) atoms. The lowest BCUT2D eigenvalue weighted by molar-refractivity contribution is -0.131. The second-order valence-corrected chi connectivity index (χ2v) is 9.99. The van der Waals surface area contributed by atoms with Crippen LogP contribution in [0.2, 0.25) is 0 Å². The zero-order valence-electron chi connectivity index (χ0n) is 22.9. The quantitative estimate of drug-likeness (QED) is 0.235. The van der Waals surface area contributed by atoms with Crippen LogP contribution in [0.5, 0.6) is 23.0 Å². The highest BCUT2D eigenvalue weighted by molar-refractivity contribution is 5.98. The fourth-order valence-corrected chi connectivity index (χ4v) is 3.87. The Morgan fingerprint density at radius 1 is 0.538 bits per heavy atom. The minimum Gasteiger partial charge on any atom is -0.423 e. The summed E-state index contributed by atoms with van der Waals surface area (Å²) in [7, 11) is 0. The van der Waals surface area contributed by atoms with E-state index in [2.05, 4.69) is 26.3 Å². The Bertz CT molecular complexity index is 1390. The monoisotopic (exact) mass is 530 g/mol. The minimum atomic E-state index is -0.823. The highest BCUT2D eigenvalue weighted by Gasteiger charge is 2.42. The third kappa shape index (κ3) is 5.75. The van der Waals surface area contributed by atoms with Crippen molar-refractivity contribution >= 4 is 23.9 Å². The van der Waals surface area contributed by atoms with Gasteiger partial charge in [0.1, 0.15) is 23.0 Å². The molecule has 0 spiro atoms. The third-order valence-corrected chi connectivity index (χ3v) is 5.97. The van der Waals surface area contributed by atoms with Crippen molar-refractivity contribution in [3.63, 3.8) is 0 Å². The fourth-order valence-electron chi connectivity index (χ4n) is 3.87. The van der Waals surface area contributed by atoms with E-state index in [1.54, 1.807) is 12.1 Å². The van der Waals surface area contributed by atoms with Gasteiger partial charge in [-0.2, -0.15) is 0 Å². The van der Waals surface area contributed by atoms with Crippen LogP contribution < -0.4 is 18.9 Å². The number of esters is 4. The first kappa shape index (κ1) is 28.8. The average molecular weight is 531 g/mol. The molecule has 0 heterocycles. The van der Waals surface area contributed by atoms with Gasteiger partial charge in [0.15, 0.2) is 0 Å². The van der Waals surface area contributed by atoms with Crippen molar-refractivity contribution < 1.29 is 38.1 Å². The van der Waals surface area contributed by atoms with Crippen LogP contribution in [0, 0.1) is 0 Å². The van der Waals surface area contributed by atoms with Crippen molar-refractivity contribution in [3.05, 3.63) is 84.0 Å². The standard InChI is InChI=1S/C31H30O8/c1-15(2)27(32)36-19-11-21-25(23(13-19)38-29(34)17(5)6)26-22(31(21,9)10)12-20(37-28(33)16(3)4)14-24(26)39-30(35)18(7)8/h11-14H,1,3,5,7H2,2,4,6,8-10H3. The summed E-state index contributed by atoms with van der Waals surface area (Å²) in [5, 5.41) is 0. The summed E-state index contributed by atoms with van der Waals surface area (Å²) < 4.78 is 22.3. The van der Waals surface area contributed by atoms with Crippen LogP contribution in [-0.2, 0) is 24.6 Å². The Labute approximate surface area is 227 Å². The molecule has 0 saturated carbocycles. The molecule has 0 atom stereocenters. The average Bonchev–Trinajstić information content (AvgIpc) is 3.05. The number of benzene rings is 2. The maximum absolute atomic E-state index is 12.6. The third-order valence-electron chi connectivity index (χ3n) is 5.97. The van der Waals surface area contributed by atoms with E-state index in [-0.39, 0.29) is 45.3 Å². The van der Waals surface area contributed by atoms with E-state index in [0.717, 1.165) is 0 Å². The van der Waals surface area contributed by atoms with Crippen molar-refractivity contribution in [2.45, 2.75) is 47.0 Å². The first-order valence-electron chi connectivity index (χ1n) is 11.9. The number of rotatable bonds is 8. The lowest BCUT2D eigenvalue weighted by atomic mass is 9.82. The van der Waals surface area contributed by atoms with Crippen LogP contribution in [0.4, 0.5) is 0 Å². The van der Waals surface area contributed by atoms with E-state index in [0.29, 0.717) is 22.3 Å². The first-order chi connectivity index (χ1) is 18.0. The summed E-state index contributed by atoms with van der Waals surface area (Å²) in [6.45, 7) is 24.2. The van der Waals surface area contributed by atoms with E-state index < -0.39 is 29.3 Å². The molecule has 1 aliphatic carbocycles. The molecule has 0 bridgehead atoms. The molecule has 202 valence electrons. The van der Waals surface area contributed by atoms with Gasteiger partial charge in [0.2, 0.25) is 0 Å². The van der Waals surface area contributed by atoms with Gasteiger partial charge in [-0.05, 0) is 51.0 Å². The van der Waals surface area contributed by atoms with Gasteiger partial charge >= 0.3 is 23.9 Å². The molecule has 2 aromatic rings. The summed E-state index contributed by atoms with van der Waals surface area (Å²) in [5.74, 6) is -2.41. The van der Waals surface area contributed by atoms with Crippen LogP contribution in [0.1, 0.15) is 52.7 Å². The molecule has 1 aliphatic rings. The molecule has 0 unspecified atom stereocenters. The number of carbonyl (C=O) groups is 4. The highest BCUT2D eigenvalue weighted by atomic mass is 16.6. The molecule has 2 aromatic carbocycles. The Morgan fingerprint density at radius 2 is 0.821 bits per heavy atom. The zero-order valence-corrected chi connectivity index (χ0v) is 22.9. The SMILES string of the molecule is C=C(C)C(=O)Oc1cc(OC(=O)C(=C)C)c2c(c1)C(C)(C)c1cc(OC(=O)C(=C)C)cc(OC(=O)C(=C)C)c1-2. The number of hydrogen-bond donors (Lipinski definition) is 0. The Hall–Kier alpha value is -4.72. The van der Waals surface area contributed by atoms with Crippen molar-refractivity contribution in [2.75, 3.05) is 0 Å². The van der Waals surface area contributed by atoms with E-state index in [1.807, 2.05) is 13.8 Å². The molecule has 0 amide bonds. The number of fused-ring (bicyclic) bond motifs is 3. The summed E-state index contributed by atoms with van der Waals surface area (Å²) >= 11 is 0. The van der Waals surface area contributed by atoms with Crippen LogP contribution in [-0.4, -0.2) is 23.9 Å². The molecular weight excluding hydrogens is 500 g/mol. The molecule has 8 heteroatoms. The smallest absolute Gasteiger partial charge is 0.338 e. The van der Waals surface area contributed by atoms with E-state index in [4.69, 9.17) is 18.9 Å². The van der Waals surface area contributed by atoms with Crippen molar-refractivity contribution in [1.29, 1.82) is 0 Å². The van der Waals surface area contributed by atoms with E-state index >= 15 is 0 Å². The van der Waals surface area contributed by atoms with Crippen molar-refractivity contribution in [3.8, 4) is 34.1 Å². The first-order valence-corrected chi connectivity index (χ1v) is 11.9. The van der Waals surface area contributed by atoms with Gasteiger partial charge in [-0.1, -0.05) is 40.2 Å². The number of hydrogen-bond acceptors (Lipinski definition) is 8. The van der Waals surface area contributed by atoms with E-state index in [1.165, 1.54) is 39.8 Å². The molecule has 0 aliphatic heterocycles. The molecule has 0 aromatic heterocycles. The second-order valence-electron chi connectivity index (χ2n) is 9.99. The lowest BCUT2D eigenvalue weighted by Crippen LogP contribution is -2.17. The Morgan fingerprint density at radius 3 is 1.10 bits per heavy atom. The summed E-state index contributed by atoms with van der Waals surface area (Å²) in [5.41, 5.74) is 1.88. The summed E-state index contributed by atoms with van der Waals surface area (Å²) in [4.78, 5) is 49.8. The minimum absolute atomic E-state index is 0.0520. The lowest BCUT2D eigenvalue weighted by Gasteiger charge is -2.23. The molecule has 0 fully saturated rings. The predicted octanol–water partition coefficient (Wildman–Crippen LogP) is 5.92. The molecule has 0 radical (unpaired) electrons. The summed E-state index contributed by atoms with van der Waals surface area (Å²) in [6.07, 6.45) is 0. The normalized spacial score (nSPS) is 12.4. The molecule has 3 rings (SSSR count). The predicted molar refractivity (Wildman–Crippen MR) is 146 cm³/mol. The van der Waals surface area contributed by atoms with E-state index in [9.17, 15) is 19.2 Å². The Balaban J connectivity index is 2.36. The Kier molecular flexibility index (Phi) is 7.82. The number of ether oxygens (including phenoxy) is 4. The van der Waals surface area contributed by atoms with Gasteiger partial charge in [0, 0.05) is 51.0 Å². The van der Waals surface area contributed by atoms with Gasteiger partial charge in [-0.3, -0.25) is 0 Å². The van der Waals surface area contributed by atoms with Crippen LogP contribution in [0.15, 0.2) is 72.9 Å². The maximum Gasteiger partial charge on any atom is 0.338 e. The van der Waals surface area contributed by atoms with Crippen LogP contribution in [0.25, 0.3) is 11.1 Å². The van der Waals surface area contributed by atoms with Crippen LogP contribution >= 0.6 is 0 Å².